The Morgan fingerprint density at radius 1 is 1.29 bits per heavy atom. The second-order valence-electron chi connectivity index (χ2n) is 7.43. The van der Waals surface area contributed by atoms with E-state index in [9.17, 15) is 10.2 Å². The fourth-order valence-corrected chi connectivity index (χ4v) is 5.62. The Hall–Kier alpha value is -1.68. The van der Waals surface area contributed by atoms with Gasteiger partial charge in [0.2, 0.25) is 0 Å². The van der Waals surface area contributed by atoms with Gasteiger partial charge >= 0.3 is 0 Å². The number of aliphatic hydroxyl groups excluding tert-OH is 1. The first-order valence-electron chi connectivity index (χ1n) is 9.06. The number of aromatic hydroxyl groups is 1. The second-order valence-corrected chi connectivity index (χ2v) is 7.43. The van der Waals surface area contributed by atoms with Crippen molar-refractivity contribution in [1.82, 2.24) is 0 Å². The molecule has 4 nitrogen and oxygen atoms in total. The number of benzene rings is 1. The van der Waals surface area contributed by atoms with Crippen molar-refractivity contribution in [3.8, 4) is 11.5 Å². The molecule has 0 spiro atoms. The smallest absolute Gasteiger partial charge is 0.168 e. The highest BCUT2D eigenvalue weighted by Crippen LogP contribution is 2.65. The molecule has 4 rings (SSSR count). The summed E-state index contributed by atoms with van der Waals surface area (Å²) in [7, 11) is 0. The number of phenolic OH excluding ortho intramolecular Hbond substituents is 1. The first kappa shape index (κ1) is 15.8. The highest BCUT2D eigenvalue weighted by Gasteiger charge is 2.69. The van der Waals surface area contributed by atoms with E-state index in [2.05, 4.69) is 13.8 Å². The van der Waals surface area contributed by atoms with Crippen molar-refractivity contribution in [2.24, 2.45) is 5.92 Å². The predicted octanol–water partition coefficient (Wildman–Crippen LogP) is 4.00. The molecular formula is C20H26O4. The quantitative estimate of drug-likeness (QED) is 0.876. The SMILES string of the molecule is CCC[C@]12c3c4ccc(O)c3O[C@H]1C(O)=CC[C@@]2(OCC)[C@H](C)C4. The van der Waals surface area contributed by atoms with Gasteiger partial charge in [-0.3, -0.25) is 0 Å². The van der Waals surface area contributed by atoms with Gasteiger partial charge in [-0.1, -0.05) is 26.3 Å². The minimum Gasteiger partial charge on any atom is -0.509 e. The molecule has 2 N–H and O–H groups in total. The maximum absolute atomic E-state index is 10.6. The molecule has 0 saturated heterocycles. The molecule has 1 aliphatic heterocycles. The van der Waals surface area contributed by atoms with Crippen molar-refractivity contribution in [2.75, 3.05) is 6.61 Å². The first-order valence-corrected chi connectivity index (χ1v) is 9.06. The number of rotatable bonds is 4. The number of hydrogen-bond acceptors (Lipinski definition) is 4. The van der Waals surface area contributed by atoms with Crippen LogP contribution in [0.2, 0.25) is 0 Å². The normalized spacial score (nSPS) is 36.0. The first-order chi connectivity index (χ1) is 11.5. The molecule has 0 bridgehead atoms. The lowest BCUT2D eigenvalue weighted by atomic mass is 9.50. The fourth-order valence-electron chi connectivity index (χ4n) is 5.62. The van der Waals surface area contributed by atoms with Crippen LogP contribution >= 0.6 is 0 Å². The summed E-state index contributed by atoms with van der Waals surface area (Å²) >= 11 is 0. The summed E-state index contributed by atoms with van der Waals surface area (Å²) in [6, 6.07) is 3.73. The molecule has 3 aliphatic rings. The number of aliphatic hydroxyl groups is 1. The average molecular weight is 330 g/mol. The van der Waals surface area contributed by atoms with Crippen molar-refractivity contribution in [3.63, 3.8) is 0 Å². The Bertz CT molecular complexity index is 710. The largest absolute Gasteiger partial charge is 0.509 e. The summed E-state index contributed by atoms with van der Waals surface area (Å²) in [5, 5.41) is 21.0. The molecule has 0 unspecified atom stereocenters. The van der Waals surface area contributed by atoms with Crippen LogP contribution < -0.4 is 4.74 Å². The second kappa shape index (κ2) is 5.16. The summed E-state index contributed by atoms with van der Waals surface area (Å²) in [5.41, 5.74) is 1.45. The van der Waals surface area contributed by atoms with E-state index in [1.165, 1.54) is 5.56 Å². The van der Waals surface area contributed by atoms with Crippen LogP contribution in [0.1, 0.15) is 51.2 Å². The zero-order valence-corrected chi connectivity index (χ0v) is 14.6. The molecule has 0 aromatic heterocycles. The van der Waals surface area contributed by atoms with Crippen molar-refractivity contribution in [2.45, 2.75) is 63.6 Å². The molecule has 1 heterocycles. The minimum absolute atomic E-state index is 0.159. The van der Waals surface area contributed by atoms with Gasteiger partial charge in [0.25, 0.3) is 0 Å². The minimum atomic E-state index is -0.470. The highest BCUT2D eigenvalue weighted by molar-refractivity contribution is 5.62. The van der Waals surface area contributed by atoms with Crippen LogP contribution in [0.25, 0.3) is 0 Å². The van der Waals surface area contributed by atoms with Crippen LogP contribution in [0.3, 0.4) is 0 Å². The van der Waals surface area contributed by atoms with E-state index < -0.39 is 17.1 Å². The van der Waals surface area contributed by atoms with E-state index in [0.717, 1.165) is 24.8 Å². The van der Waals surface area contributed by atoms with Crippen LogP contribution in [-0.2, 0) is 16.6 Å². The zero-order valence-electron chi connectivity index (χ0n) is 14.6. The maximum atomic E-state index is 10.6. The maximum Gasteiger partial charge on any atom is 0.168 e. The van der Waals surface area contributed by atoms with Crippen LogP contribution in [0, 0.1) is 5.92 Å². The summed E-state index contributed by atoms with van der Waals surface area (Å²) in [5.74, 6) is 1.28. The highest BCUT2D eigenvalue weighted by atomic mass is 16.5. The number of hydrogen-bond donors (Lipinski definition) is 2. The molecule has 4 atom stereocenters. The molecule has 0 fully saturated rings. The third-order valence-corrected chi connectivity index (χ3v) is 6.36. The van der Waals surface area contributed by atoms with Crippen molar-refractivity contribution in [1.29, 1.82) is 0 Å². The van der Waals surface area contributed by atoms with Gasteiger partial charge in [0.05, 0.1) is 11.0 Å². The van der Waals surface area contributed by atoms with Gasteiger partial charge in [0, 0.05) is 12.2 Å². The molecular weight excluding hydrogens is 304 g/mol. The Morgan fingerprint density at radius 2 is 2.08 bits per heavy atom. The van der Waals surface area contributed by atoms with Gasteiger partial charge in [0.15, 0.2) is 17.6 Å². The van der Waals surface area contributed by atoms with Gasteiger partial charge in [-0.05, 0) is 49.8 Å². The summed E-state index contributed by atoms with van der Waals surface area (Å²) < 4.78 is 12.6. The monoisotopic (exact) mass is 330 g/mol. The summed E-state index contributed by atoms with van der Waals surface area (Å²) in [4.78, 5) is 0. The third kappa shape index (κ3) is 1.62. The van der Waals surface area contributed by atoms with E-state index >= 15 is 0 Å². The molecule has 130 valence electrons. The lowest BCUT2D eigenvalue weighted by Crippen LogP contribution is -2.66. The summed E-state index contributed by atoms with van der Waals surface area (Å²) in [6.07, 6.45) is 4.80. The van der Waals surface area contributed by atoms with E-state index in [4.69, 9.17) is 9.47 Å². The van der Waals surface area contributed by atoms with Crippen LogP contribution in [-0.4, -0.2) is 28.5 Å². The Morgan fingerprint density at radius 3 is 2.79 bits per heavy atom. The van der Waals surface area contributed by atoms with Crippen LogP contribution in [0.5, 0.6) is 11.5 Å². The zero-order chi connectivity index (χ0) is 17.1. The Kier molecular flexibility index (Phi) is 3.40. The topological polar surface area (TPSA) is 58.9 Å². The number of ether oxygens (including phenoxy) is 2. The average Bonchev–Trinajstić information content (AvgIpc) is 2.91. The fraction of sp³-hybridized carbons (Fsp3) is 0.600. The molecule has 24 heavy (non-hydrogen) atoms. The van der Waals surface area contributed by atoms with Gasteiger partial charge in [-0.25, -0.2) is 0 Å². The van der Waals surface area contributed by atoms with Gasteiger partial charge in [-0.15, -0.1) is 0 Å². The van der Waals surface area contributed by atoms with E-state index in [-0.39, 0.29) is 11.5 Å². The molecule has 1 aromatic carbocycles. The third-order valence-electron chi connectivity index (χ3n) is 6.36. The lowest BCUT2D eigenvalue weighted by molar-refractivity contribution is -0.164. The van der Waals surface area contributed by atoms with Crippen molar-refractivity contribution < 1.29 is 19.7 Å². The van der Waals surface area contributed by atoms with E-state index in [1.807, 2.05) is 19.1 Å². The molecule has 1 aromatic rings. The standard InChI is InChI=1S/C20H26O4/c1-4-9-19-16-13-6-7-14(21)17(16)24-18(19)15(22)8-10-20(19,23-5-2)12(3)11-13/h6-8,12,18,21-22H,4-5,9-11H2,1-3H3/t12-,18+,19+,20-/m1/s1. The van der Waals surface area contributed by atoms with Gasteiger partial charge in [-0.2, -0.15) is 0 Å². The molecule has 0 amide bonds. The Balaban J connectivity index is 2.07. The van der Waals surface area contributed by atoms with Gasteiger partial charge < -0.3 is 19.7 Å². The van der Waals surface area contributed by atoms with Crippen LogP contribution in [0.4, 0.5) is 0 Å². The van der Waals surface area contributed by atoms with Crippen molar-refractivity contribution >= 4 is 0 Å². The molecule has 0 saturated carbocycles. The predicted molar refractivity (Wildman–Crippen MR) is 91.7 cm³/mol. The summed E-state index contributed by atoms with van der Waals surface area (Å²) in [6.45, 7) is 7.06. The molecule has 4 heteroatoms. The molecule has 0 radical (unpaired) electrons. The van der Waals surface area contributed by atoms with Crippen molar-refractivity contribution in [3.05, 3.63) is 35.1 Å². The lowest BCUT2D eigenvalue weighted by Gasteiger charge is -2.58. The van der Waals surface area contributed by atoms with E-state index in [1.54, 1.807) is 6.07 Å². The Labute approximate surface area is 143 Å². The van der Waals surface area contributed by atoms with Crippen LogP contribution in [0.15, 0.2) is 24.0 Å². The van der Waals surface area contributed by atoms with Gasteiger partial charge in [0.1, 0.15) is 5.76 Å². The number of phenols is 1. The molecule has 2 aliphatic carbocycles. The van der Waals surface area contributed by atoms with E-state index in [0.29, 0.717) is 24.7 Å².